The maximum atomic E-state index is 12.4. The third-order valence-corrected chi connectivity index (χ3v) is 3.54. The molecule has 2 rings (SSSR count). The predicted molar refractivity (Wildman–Crippen MR) is 69.3 cm³/mol. The first-order valence-electron chi connectivity index (χ1n) is 6.85. The Morgan fingerprint density at radius 1 is 1.56 bits per heavy atom. The van der Waals surface area contributed by atoms with Crippen LogP contribution in [0.3, 0.4) is 0 Å². The van der Waals surface area contributed by atoms with E-state index in [1.807, 2.05) is 4.90 Å². The Balaban J connectivity index is 2.10. The van der Waals surface area contributed by atoms with Crippen LogP contribution >= 0.6 is 0 Å². The molecule has 0 aromatic carbocycles. The zero-order chi connectivity index (χ0) is 13.1. The number of rotatable bonds is 4. The second-order valence-electron chi connectivity index (χ2n) is 5.31. The number of nitrogens with zero attached hydrogens (tertiary/aromatic N) is 3. The van der Waals surface area contributed by atoms with Crippen molar-refractivity contribution in [2.45, 2.75) is 52.5 Å². The largest absolute Gasteiger partial charge is 0.333 e. The van der Waals surface area contributed by atoms with E-state index >= 15 is 0 Å². The number of aromatic nitrogens is 3. The number of aryl methyl sites for hydroxylation is 1. The lowest BCUT2D eigenvalue weighted by Crippen LogP contribution is -2.39. The molecule has 1 amide bonds. The minimum Gasteiger partial charge on any atom is -0.333 e. The highest BCUT2D eigenvalue weighted by Gasteiger charge is 2.33. The van der Waals surface area contributed by atoms with E-state index in [1.54, 1.807) is 0 Å². The molecule has 1 atom stereocenters. The molecule has 1 aromatic rings. The van der Waals surface area contributed by atoms with Crippen molar-refractivity contribution in [1.29, 1.82) is 0 Å². The van der Waals surface area contributed by atoms with Crippen molar-refractivity contribution in [2.24, 2.45) is 5.92 Å². The van der Waals surface area contributed by atoms with Crippen LogP contribution in [0.15, 0.2) is 0 Å². The van der Waals surface area contributed by atoms with Crippen LogP contribution < -0.4 is 0 Å². The maximum Gasteiger partial charge on any atom is 0.293 e. The molecule has 0 radical (unpaired) electrons. The van der Waals surface area contributed by atoms with Crippen LogP contribution in [0, 0.1) is 5.92 Å². The Hall–Kier alpha value is -1.39. The molecule has 1 saturated heterocycles. The number of hydrogen-bond acceptors (Lipinski definition) is 3. The Bertz CT molecular complexity index is 413. The highest BCUT2D eigenvalue weighted by atomic mass is 16.2. The molecule has 2 heterocycles. The lowest BCUT2D eigenvalue weighted by Gasteiger charge is -2.26. The van der Waals surface area contributed by atoms with Crippen LogP contribution in [-0.2, 0) is 6.42 Å². The molecule has 1 aliphatic heterocycles. The first kappa shape index (κ1) is 13.1. The summed E-state index contributed by atoms with van der Waals surface area (Å²) in [6.45, 7) is 7.24. The molecule has 1 aromatic heterocycles. The van der Waals surface area contributed by atoms with Gasteiger partial charge < -0.3 is 4.90 Å². The third kappa shape index (κ3) is 2.54. The number of hydrogen-bond donors (Lipinski definition) is 1. The third-order valence-electron chi connectivity index (χ3n) is 3.54. The Kier molecular flexibility index (Phi) is 3.99. The topological polar surface area (TPSA) is 61.9 Å². The number of aromatic amines is 1. The average Bonchev–Trinajstić information content (AvgIpc) is 2.96. The fraction of sp³-hybridized carbons (Fsp3) is 0.769. The van der Waals surface area contributed by atoms with Gasteiger partial charge >= 0.3 is 0 Å². The number of carbonyl (C=O) groups excluding carboxylic acids is 1. The van der Waals surface area contributed by atoms with Crippen LogP contribution in [0.25, 0.3) is 0 Å². The first-order valence-corrected chi connectivity index (χ1v) is 6.85. The molecule has 0 aliphatic carbocycles. The van der Waals surface area contributed by atoms with Crippen LogP contribution in [0.2, 0.25) is 0 Å². The summed E-state index contributed by atoms with van der Waals surface area (Å²) in [6.07, 6.45) is 4.02. The van der Waals surface area contributed by atoms with Crippen molar-refractivity contribution >= 4 is 5.91 Å². The number of H-pyrrole nitrogens is 1. The molecule has 1 fully saturated rings. The number of nitrogens with one attached hydrogen (secondary N) is 1. The summed E-state index contributed by atoms with van der Waals surface area (Å²) in [4.78, 5) is 18.6. The number of carbonyl (C=O) groups is 1. The highest BCUT2D eigenvalue weighted by Crippen LogP contribution is 2.24. The van der Waals surface area contributed by atoms with Gasteiger partial charge in [-0.3, -0.25) is 9.89 Å². The van der Waals surface area contributed by atoms with Crippen molar-refractivity contribution in [3.8, 4) is 0 Å². The van der Waals surface area contributed by atoms with Gasteiger partial charge in [0, 0.05) is 19.0 Å². The van der Waals surface area contributed by atoms with E-state index in [2.05, 4.69) is 36.0 Å². The van der Waals surface area contributed by atoms with Crippen LogP contribution in [-0.4, -0.2) is 38.6 Å². The summed E-state index contributed by atoms with van der Waals surface area (Å²) in [7, 11) is 0. The van der Waals surface area contributed by atoms with Crippen molar-refractivity contribution < 1.29 is 4.79 Å². The molecule has 0 saturated carbocycles. The maximum absolute atomic E-state index is 12.4. The highest BCUT2D eigenvalue weighted by molar-refractivity contribution is 5.90. The lowest BCUT2D eigenvalue weighted by atomic mass is 10.0. The molecule has 0 bridgehead atoms. The predicted octanol–water partition coefficient (Wildman–Crippen LogP) is 2.02. The molecule has 18 heavy (non-hydrogen) atoms. The number of amides is 1. The molecule has 5 nitrogen and oxygen atoms in total. The smallest absolute Gasteiger partial charge is 0.293 e. The second kappa shape index (κ2) is 5.50. The van der Waals surface area contributed by atoms with Crippen LogP contribution in [0.4, 0.5) is 0 Å². The summed E-state index contributed by atoms with van der Waals surface area (Å²) in [5, 5.41) is 6.89. The monoisotopic (exact) mass is 250 g/mol. The van der Waals surface area contributed by atoms with Gasteiger partial charge in [0.2, 0.25) is 5.82 Å². The van der Waals surface area contributed by atoms with Gasteiger partial charge in [-0.05, 0) is 25.2 Å². The van der Waals surface area contributed by atoms with Gasteiger partial charge in [0.1, 0.15) is 5.82 Å². The normalized spacial score (nSPS) is 19.8. The molecule has 5 heteroatoms. The molecule has 1 N–H and O–H groups in total. The van der Waals surface area contributed by atoms with Gasteiger partial charge in [0.15, 0.2) is 0 Å². The molecular weight excluding hydrogens is 228 g/mol. The zero-order valence-electron chi connectivity index (χ0n) is 11.4. The summed E-state index contributed by atoms with van der Waals surface area (Å²) >= 11 is 0. The van der Waals surface area contributed by atoms with E-state index < -0.39 is 0 Å². The van der Waals surface area contributed by atoms with Gasteiger partial charge in [-0.1, -0.05) is 20.8 Å². The van der Waals surface area contributed by atoms with Gasteiger partial charge in [0.05, 0.1) is 0 Å². The summed E-state index contributed by atoms with van der Waals surface area (Å²) < 4.78 is 0. The van der Waals surface area contributed by atoms with Crippen molar-refractivity contribution in [3.63, 3.8) is 0 Å². The van der Waals surface area contributed by atoms with Crippen molar-refractivity contribution in [3.05, 3.63) is 11.6 Å². The average molecular weight is 250 g/mol. The van der Waals surface area contributed by atoms with Crippen molar-refractivity contribution in [1.82, 2.24) is 20.1 Å². The fourth-order valence-electron chi connectivity index (χ4n) is 2.61. The minimum absolute atomic E-state index is 0.0233. The van der Waals surface area contributed by atoms with Gasteiger partial charge in [-0.25, -0.2) is 4.98 Å². The fourth-order valence-corrected chi connectivity index (χ4v) is 2.61. The van der Waals surface area contributed by atoms with E-state index in [4.69, 9.17) is 0 Å². The van der Waals surface area contributed by atoms with Crippen LogP contribution in [0.5, 0.6) is 0 Å². The Morgan fingerprint density at radius 2 is 2.33 bits per heavy atom. The standard InChI is InChI=1S/C13H22N4O/c1-4-6-11-14-12(16-15-11)13(18)17-8-5-7-10(17)9(2)3/h9-10H,4-8H2,1-3H3,(H,14,15,16). The van der Waals surface area contributed by atoms with Gasteiger partial charge in [-0.15, -0.1) is 5.10 Å². The van der Waals surface area contributed by atoms with E-state index in [9.17, 15) is 4.79 Å². The lowest BCUT2D eigenvalue weighted by molar-refractivity contribution is 0.0689. The Labute approximate surface area is 108 Å². The first-order chi connectivity index (χ1) is 8.63. The van der Waals surface area contributed by atoms with E-state index in [-0.39, 0.29) is 5.91 Å². The molecule has 1 aliphatic rings. The van der Waals surface area contributed by atoms with Crippen molar-refractivity contribution in [2.75, 3.05) is 6.54 Å². The van der Waals surface area contributed by atoms with E-state index in [0.717, 1.165) is 38.1 Å². The summed E-state index contributed by atoms with van der Waals surface area (Å²) in [5.74, 6) is 1.60. The van der Waals surface area contributed by atoms with Gasteiger partial charge in [-0.2, -0.15) is 0 Å². The summed E-state index contributed by atoms with van der Waals surface area (Å²) in [6, 6.07) is 0.339. The zero-order valence-corrected chi connectivity index (χ0v) is 11.4. The second-order valence-corrected chi connectivity index (χ2v) is 5.31. The summed E-state index contributed by atoms with van der Waals surface area (Å²) in [5.41, 5.74) is 0. The molecule has 1 unspecified atom stereocenters. The van der Waals surface area contributed by atoms with E-state index in [1.165, 1.54) is 0 Å². The van der Waals surface area contributed by atoms with Crippen LogP contribution in [0.1, 0.15) is 56.5 Å². The SMILES string of the molecule is CCCc1nc(C(=O)N2CCCC2C(C)C)n[nH]1. The molecule has 0 spiro atoms. The minimum atomic E-state index is -0.0233. The van der Waals surface area contributed by atoms with Gasteiger partial charge in [0.25, 0.3) is 5.91 Å². The molecule has 100 valence electrons. The quantitative estimate of drug-likeness (QED) is 0.889. The van der Waals surface area contributed by atoms with E-state index in [0.29, 0.717) is 17.8 Å². The number of likely N-dealkylation sites (tertiary alicyclic amines) is 1. The molecular formula is C13H22N4O. The Morgan fingerprint density at radius 3 is 3.00 bits per heavy atom.